The molecule has 2 rings (SSSR count). The number of nitrogens with zero attached hydrogens (tertiary/aromatic N) is 5. The van der Waals surface area contributed by atoms with Crippen LogP contribution in [0, 0.1) is 5.92 Å². The predicted octanol–water partition coefficient (Wildman–Crippen LogP) is 5.00. The number of aromatic nitrogens is 1. The lowest BCUT2D eigenvalue weighted by molar-refractivity contribution is -0.104. The van der Waals surface area contributed by atoms with Gasteiger partial charge in [-0.25, -0.2) is 4.99 Å². The Bertz CT molecular complexity index is 1170. The van der Waals surface area contributed by atoms with E-state index in [0.29, 0.717) is 5.70 Å². The molecule has 1 aromatic rings. The van der Waals surface area contributed by atoms with Crippen molar-refractivity contribution in [2.75, 3.05) is 45.2 Å². The highest BCUT2D eigenvalue weighted by Gasteiger charge is 2.18. The second-order valence-corrected chi connectivity index (χ2v) is 10.1. The summed E-state index contributed by atoms with van der Waals surface area (Å²) in [7, 11) is 5.99. The highest BCUT2D eigenvalue weighted by Crippen LogP contribution is 2.26. The summed E-state index contributed by atoms with van der Waals surface area (Å²) in [4.78, 5) is 26.2. The summed E-state index contributed by atoms with van der Waals surface area (Å²) in [6.07, 6.45) is 10.5. The number of piperazine rings is 1. The Morgan fingerprint density at radius 3 is 2.34 bits per heavy atom. The van der Waals surface area contributed by atoms with Gasteiger partial charge in [0.2, 0.25) is 0 Å². The first-order valence-electron chi connectivity index (χ1n) is 13.8. The molecule has 0 radical (unpaired) electrons. The van der Waals surface area contributed by atoms with Crippen molar-refractivity contribution in [2.24, 2.45) is 23.0 Å². The quantitative estimate of drug-likeness (QED) is 0.155. The van der Waals surface area contributed by atoms with Crippen LogP contribution in [0.2, 0.25) is 0 Å². The molecule has 1 fully saturated rings. The minimum atomic E-state index is 0.266. The van der Waals surface area contributed by atoms with Gasteiger partial charge in [0.25, 0.3) is 0 Å². The van der Waals surface area contributed by atoms with Gasteiger partial charge in [0, 0.05) is 58.2 Å². The van der Waals surface area contributed by atoms with Crippen LogP contribution in [0.15, 0.2) is 74.7 Å². The van der Waals surface area contributed by atoms with E-state index in [1.165, 1.54) is 5.69 Å². The van der Waals surface area contributed by atoms with Crippen molar-refractivity contribution in [2.45, 2.75) is 54.4 Å². The van der Waals surface area contributed by atoms with Crippen molar-refractivity contribution in [3.63, 3.8) is 0 Å². The van der Waals surface area contributed by atoms with Crippen molar-refractivity contribution in [1.82, 2.24) is 14.8 Å². The molecule has 208 valence electrons. The van der Waals surface area contributed by atoms with Gasteiger partial charge in [0.1, 0.15) is 17.6 Å². The van der Waals surface area contributed by atoms with Crippen LogP contribution in [0.25, 0.3) is 0 Å². The SMILES string of the molecule is C/C=C(/C)NC(=NC)/C(=C/C(C(=C/C=O)/N=c1ccc(N2CCN(C)CC2)cn1C)=C(\C)CC)C(C)CC. The maximum absolute atomic E-state index is 11.8. The lowest BCUT2D eigenvalue weighted by Crippen LogP contribution is -2.44. The highest BCUT2D eigenvalue weighted by atomic mass is 16.1. The zero-order valence-corrected chi connectivity index (χ0v) is 25.0. The van der Waals surface area contributed by atoms with Gasteiger partial charge in [-0.05, 0) is 75.9 Å². The molecule has 0 saturated carbocycles. The molecule has 1 aliphatic rings. The largest absolute Gasteiger partial charge is 0.368 e. The maximum atomic E-state index is 11.8. The fourth-order valence-electron chi connectivity index (χ4n) is 4.27. The van der Waals surface area contributed by atoms with E-state index in [9.17, 15) is 4.79 Å². The summed E-state index contributed by atoms with van der Waals surface area (Å²) in [6, 6.07) is 4.17. The number of aldehydes is 1. The van der Waals surface area contributed by atoms with Crippen LogP contribution in [-0.2, 0) is 11.8 Å². The Hall–Kier alpha value is -3.19. The van der Waals surface area contributed by atoms with Crippen molar-refractivity contribution >= 4 is 17.8 Å². The van der Waals surface area contributed by atoms with Gasteiger partial charge in [-0.3, -0.25) is 9.79 Å². The fourth-order valence-corrected chi connectivity index (χ4v) is 4.27. The number of rotatable bonds is 10. The molecular weight excluding hydrogens is 472 g/mol. The van der Waals surface area contributed by atoms with E-state index in [1.54, 1.807) is 6.08 Å². The fraction of sp³-hybridized carbons (Fsp3) is 0.516. The second-order valence-electron chi connectivity index (χ2n) is 10.1. The van der Waals surface area contributed by atoms with E-state index < -0.39 is 0 Å². The molecule has 1 N–H and O–H groups in total. The molecule has 0 bridgehead atoms. The average molecular weight is 521 g/mol. The molecule has 0 spiro atoms. The van der Waals surface area contributed by atoms with E-state index in [4.69, 9.17) is 4.99 Å². The van der Waals surface area contributed by atoms with E-state index in [2.05, 4.69) is 73.2 Å². The third-order valence-electron chi connectivity index (χ3n) is 7.37. The van der Waals surface area contributed by atoms with Crippen molar-refractivity contribution < 1.29 is 4.79 Å². The number of amidine groups is 1. The zero-order chi connectivity index (χ0) is 28.2. The van der Waals surface area contributed by atoms with Crippen LogP contribution >= 0.6 is 0 Å². The number of anilines is 1. The third-order valence-corrected chi connectivity index (χ3v) is 7.37. The van der Waals surface area contributed by atoms with Crippen molar-refractivity contribution in [3.8, 4) is 0 Å². The van der Waals surface area contributed by atoms with Gasteiger partial charge in [-0.15, -0.1) is 0 Å². The van der Waals surface area contributed by atoms with Gasteiger partial charge in [-0.2, -0.15) is 0 Å². The molecule has 1 aliphatic heterocycles. The number of pyridine rings is 1. The lowest BCUT2D eigenvalue weighted by Gasteiger charge is -2.34. The summed E-state index contributed by atoms with van der Waals surface area (Å²) >= 11 is 0. The van der Waals surface area contributed by atoms with Crippen LogP contribution in [0.4, 0.5) is 5.69 Å². The van der Waals surface area contributed by atoms with Gasteiger partial charge in [0.15, 0.2) is 0 Å². The second kappa shape index (κ2) is 15.3. The van der Waals surface area contributed by atoms with Gasteiger partial charge < -0.3 is 19.7 Å². The van der Waals surface area contributed by atoms with E-state index in [1.807, 2.05) is 44.7 Å². The summed E-state index contributed by atoms with van der Waals surface area (Å²) < 4.78 is 2.04. The number of allylic oxidation sites excluding steroid dienone is 5. The van der Waals surface area contributed by atoms with Crippen LogP contribution in [0.5, 0.6) is 0 Å². The zero-order valence-electron chi connectivity index (χ0n) is 25.0. The molecule has 1 saturated heterocycles. The molecule has 38 heavy (non-hydrogen) atoms. The number of aryl methyl sites for hydroxylation is 1. The Morgan fingerprint density at radius 1 is 1.13 bits per heavy atom. The molecule has 0 aromatic carbocycles. The summed E-state index contributed by atoms with van der Waals surface area (Å²) in [5.74, 6) is 1.10. The molecule has 1 aromatic heterocycles. The minimum absolute atomic E-state index is 0.266. The average Bonchev–Trinajstić information content (AvgIpc) is 2.92. The Balaban J connectivity index is 2.62. The number of hydrogen-bond donors (Lipinski definition) is 1. The lowest BCUT2D eigenvalue weighted by atomic mass is 9.92. The first-order valence-corrected chi connectivity index (χ1v) is 13.8. The molecule has 2 heterocycles. The van der Waals surface area contributed by atoms with Crippen molar-refractivity contribution in [1.29, 1.82) is 0 Å². The number of carbonyl (C=O) groups is 1. The number of nitrogens with one attached hydrogen (secondary N) is 1. The smallest absolute Gasteiger partial charge is 0.145 e. The normalized spacial score (nSPS) is 18.4. The molecule has 7 nitrogen and oxygen atoms in total. The Kier molecular flexibility index (Phi) is 12.5. The van der Waals surface area contributed by atoms with Crippen LogP contribution in [0.1, 0.15) is 54.4 Å². The number of carbonyl (C=O) groups excluding carboxylic acids is 1. The molecule has 1 unspecified atom stereocenters. The summed E-state index contributed by atoms with van der Waals surface area (Å²) in [6.45, 7) is 16.8. The van der Waals surface area contributed by atoms with Crippen LogP contribution < -0.4 is 15.7 Å². The Labute approximate surface area is 230 Å². The van der Waals surface area contributed by atoms with Gasteiger partial charge in [-0.1, -0.05) is 32.4 Å². The molecule has 1 atom stereocenters. The number of hydrogen-bond acceptors (Lipinski definition) is 5. The molecule has 0 aliphatic carbocycles. The van der Waals surface area contributed by atoms with Crippen LogP contribution in [-0.4, -0.2) is 61.9 Å². The number of likely N-dealkylation sites (N-methyl/N-ethyl adjacent to an activating group) is 1. The number of aliphatic imine (C=N–C) groups is 1. The molecule has 7 heteroatoms. The minimum Gasteiger partial charge on any atom is -0.368 e. The Morgan fingerprint density at radius 2 is 1.82 bits per heavy atom. The van der Waals surface area contributed by atoms with E-state index >= 15 is 0 Å². The monoisotopic (exact) mass is 520 g/mol. The first kappa shape index (κ1) is 31.0. The third kappa shape index (κ3) is 8.42. The van der Waals surface area contributed by atoms with Crippen LogP contribution in [0.3, 0.4) is 0 Å². The maximum Gasteiger partial charge on any atom is 0.145 e. The van der Waals surface area contributed by atoms with E-state index in [-0.39, 0.29) is 5.92 Å². The summed E-state index contributed by atoms with van der Waals surface area (Å²) in [5, 5.41) is 3.45. The first-order chi connectivity index (χ1) is 18.2. The highest BCUT2D eigenvalue weighted by molar-refractivity contribution is 6.00. The molecule has 0 amide bonds. The van der Waals surface area contributed by atoms with Gasteiger partial charge in [0.05, 0.1) is 11.4 Å². The topological polar surface area (TPSA) is 65.2 Å². The standard InChI is InChI=1S/C31H48N6O/c1-10-23(4)27(21-28(24(5)11-2)31(32-7)33-25(6)12-3)29(15-20-38)34-30-14-13-26(22-36(30)9)37-18-16-35(8)17-19-37/h12-15,20-22,24H,10-11,16-19H2,1-9H3,(H,32,33)/b25-12-,27-23-,28-21+,29-15-,34-30?. The van der Waals surface area contributed by atoms with Gasteiger partial charge >= 0.3 is 0 Å². The predicted molar refractivity (Wildman–Crippen MR) is 161 cm³/mol. The summed E-state index contributed by atoms with van der Waals surface area (Å²) in [5.41, 5.74) is 6.90. The van der Waals surface area contributed by atoms with Crippen molar-refractivity contribution in [3.05, 3.63) is 70.2 Å². The van der Waals surface area contributed by atoms with E-state index in [0.717, 1.165) is 79.0 Å². The molecular formula is C31H48N6O.